The molecule has 0 fully saturated rings. The van der Waals surface area contributed by atoms with Crippen molar-refractivity contribution in [3.63, 3.8) is 0 Å². The molecule has 0 bridgehead atoms. The molecule has 0 aliphatic rings. The van der Waals surface area contributed by atoms with Gasteiger partial charge in [-0.3, -0.25) is 0 Å². The fourth-order valence-electron chi connectivity index (χ4n) is 1.63. The van der Waals surface area contributed by atoms with Crippen LogP contribution in [0.15, 0.2) is 12.1 Å². The summed E-state index contributed by atoms with van der Waals surface area (Å²) < 4.78 is 5.06. The first-order valence-electron chi connectivity index (χ1n) is 5.70. The summed E-state index contributed by atoms with van der Waals surface area (Å²) in [6.07, 6.45) is 1.12. The minimum absolute atomic E-state index is 0.446. The second-order valence-electron chi connectivity index (χ2n) is 4.27. The molecule has 1 rings (SSSR count). The fourth-order valence-corrected chi connectivity index (χ4v) is 2.16. The largest absolute Gasteiger partial charge is 0.495 e. The molecule has 0 heterocycles. The van der Waals surface area contributed by atoms with Crippen LogP contribution in [0.2, 0.25) is 10.0 Å². The van der Waals surface area contributed by atoms with Crippen LogP contribution in [0.1, 0.15) is 38.4 Å². The minimum Gasteiger partial charge on any atom is -0.495 e. The molecule has 0 aromatic heterocycles. The molecule has 1 aromatic carbocycles. The maximum atomic E-state index is 10.1. The van der Waals surface area contributed by atoms with Gasteiger partial charge in [-0.15, -0.1) is 0 Å². The molecule has 96 valence electrons. The molecule has 1 aromatic rings. The van der Waals surface area contributed by atoms with E-state index >= 15 is 0 Å². The Morgan fingerprint density at radius 2 is 1.94 bits per heavy atom. The summed E-state index contributed by atoms with van der Waals surface area (Å²) in [7, 11) is 1.53. The van der Waals surface area contributed by atoms with Crippen LogP contribution >= 0.6 is 23.2 Å². The average Bonchev–Trinajstić information content (AvgIpc) is 2.31. The van der Waals surface area contributed by atoms with Crippen molar-refractivity contribution in [1.29, 1.82) is 0 Å². The fraction of sp³-hybridized carbons (Fsp3) is 0.538. The van der Waals surface area contributed by atoms with E-state index in [-0.39, 0.29) is 0 Å². The lowest BCUT2D eigenvalue weighted by atomic mass is 9.96. The van der Waals surface area contributed by atoms with Gasteiger partial charge in [0.25, 0.3) is 0 Å². The predicted molar refractivity (Wildman–Crippen MR) is 72.0 cm³/mol. The number of benzene rings is 1. The van der Waals surface area contributed by atoms with E-state index in [9.17, 15) is 5.11 Å². The lowest BCUT2D eigenvalue weighted by Crippen LogP contribution is -2.04. The maximum absolute atomic E-state index is 10.1. The first-order chi connectivity index (χ1) is 7.99. The molecule has 0 spiro atoms. The van der Waals surface area contributed by atoms with Crippen molar-refractivity contribution >= 4 is 23.2 Å². The Balaban J connectivity index is 2.94. The summed E-state index contributed by atoms with van der Waals surface area (Å²) >= 11 is 12.1. The zero-order valence-corrected chi connectivity index (χ0v) is 11.8. The summed E-state index contributed by atoms with van der Waals surface area (Å²) in [5, 5.41) is 11.1. The number of ether oxygens (including phenoxy) is 1. The van der Waals surface area contributed by atoms with Crippen LogP contribution in [-0.4, -0.2) is 12.2 Å². The summed E-state index contributed by atoms with van der Waals surface area (Å²) in [5.41, 5.74) is 0.665. The van der Waals surface area contributed by atoms with Gasteiger partial charge < -0.3 is 9.84 Å². The van der Waals surface area contributed by atoms with Gasteiger partial charge in [-0.1, -0.05) is 43.5 Å². The Morgan fingerprint density at radius 3 is 2.47 bits per heavy atom. The Hall–Kier alpha value is -0.440. The first kappa shape index (κ1) is 14.6. The maximum Gasteiger partial charge on any atom is 0.138 e. The van der Waals surface area contributed by atoms with Crippen molar-refractivity contribution in [1.82, 2.24) is 0 Å². The third-order valence-electron chi connectivity index (χ3n) is 2.95. The van der Waals surface area contributed by atoms with E-state index in [1.807, 2.05) is 0 Å². The van der Waals surface area contributed by atoms with Crippen molar-refractivity contribution in [2.45, 2.75) is 32.8 Å². The van der Waals surface area contributed by atoms with Gasteiger partial charge in [-0.25, -0.2) is 0 Å². The van der Waals surface area contributed by atoms with Gasteiger partial charge in [-0.05, 0) is 18.4 Å². The summed E-state index contributed by atoms with van der Waals surface area (Å²) in [6, 6.07) is 3.31. The van der Waals surface area contributed by atoms with Crippen LogP contribution in [0, 0.1) is 5.92 Å². The molecule has 0 aliphatic carbocycles. The number of rotatable bonds is 5. The zero-order valence-electron chi connectivity index (χ0n) is 10.3. The molecule has 2 atom stereocenters. The molecule has 17 heavy (non-hydrogen) atoms. The van der Waals surface area contributed by atoms with Crippen molar-refractivity contribution in [2.24, 2.45) is 5.92 Å². The van der Waals surface area contributed by atoms with Gasteiger partial charge in [0, 0.05) is 11.6 Å². The third kappa shape index (κ3) is 3.77. The van der Waals surface area contributed by atoms with Crippen LogP contribution in [-0.2, 0) is 0 Å². The highest BCUT2D eigenvalue weighted by molar-refractivity contribution is 6.34. The van der Waals surface area contributed by atoms with E-state index in [1.165, 1.54) is 7.11 Å². The lowest BCUT2D eigenvalue weighted by molar-refractivity contribution is 0.146. The Kier molecular flexibility index (Phi) is 5.57. The number of hydrogen-bond donors (Lipinski definition) is 1. The highest BCUT2D eigenvalue weighted by Gasteiger charge is 2.17. The van der Waals surface area contributed by atoms with Gasteiger partial charge in [-0.2, -0.15) is 0 Å². The monoisotopic (exact) mass is 276 g/mol. The van der Waals surface area contributed by atoms with Crippen LogP contribution < -0.4 is 4.74 Å². The number of aliphatic hydroxyl groups is 1. The molecular weight excluding hydrogens is 259 g/mol. The highest BCUT2D eigenvalue weighted by atomic mass is 35.5. The normalized spacial score (nSPS) is 14.5. The molecule has 0 saturated carbocycles. The number of hydrogen-bond acceptors (Lipinski definition) is 2. The first-order valence-corrected chi connectivity index (χ1v) is 6.46. The Morgan fingerprint density at radius 1 is 1.29 bits per heavy atom. The van der Waals surface area contributed by atoms with Gasteiger partial charge in [0.1, 0.15) is 5.75 Å². The third-order valence-corrected chi connectivity index (χ3v) is 3.58. The molecule has 4 heteroatoms. The van der Waals surface area contributed by atoms with Crippen molar-refractivity contribution < 1.29 is 9.84 Å². The van der Waals surface area contributed by atoms with Crippen molar-refractivity contribution in [2.75, 3.05) is 7.11 Å². The summed E-state index contributed by atoms with van der Waals surface area (Å²) in [5.74, 6) is 0.970. The second kappa shape index (κ2) is 6.48. The predicted octanol–water partition coefficient (Wildman–Crippen LogP) is 4.47. The van der Waals surface area contributed by atoms with Crippen LogP contribution in [0.4, 0.5) is 0 Å². The average molecular weight is 277 g/mol. The molecule has 2 unspecified atom stereocenters. The van der Waals surface area contributed by atoms with Crippen LogP contribution in [0.3, 0.4) is 0 Å². The SMILES string of the molecule is CCC(C)CC(O)c1cc(Cl)c(OC)cc1Cl. The van der Waals surface area contributed by atoms with E-state index < -0.39 is 6.10 Å². The number of aliphatic hydroxyl groups excluding tert-OH is 1. The summed E-state index contributed by atoms with van der Waals surface area (Å²) in [6.45, 7) is 4.20. The number of halogens is 2. The van der Waals surface area contributed by atoms with E-state index in [4.69, 9.17) is 27.9 Å². The highest BCUT2D eigenvalue weighted by Crippen LogP contribution is 2.36. The van der Waals surface area contributed by atoms with E-state index in [2.05, 4.69) is 13.8 Å². The van der Waals surface area contributed by atoms with Crippen LogP contribution in [0.5, 0.6) is 5.75 Å². The van der Waals surface area contributed by atoms with Gasteiger partial charge in [0.2, 0.25) is 0 Å². The van der Waals surface area contributed by atoms with E-state index in [0.29, 0.717) is 33.7 Å². The molecule has 1 N–H and O–H groups in total. The van der Waals surface area contributed by atoms with Gasteiger partial charge >= 0.3 is 0 Å². The van der Waals surface area contributed by atoms with Crippen molar-refractivity contribution in [3.8, 4) is 5.75 Å². The van der Waals surface area contributed by atoms with Gasteiger partial charge in [0.05, 0.1) is 23.3 Å². The smallest absolute Gasteiger partial charge is 0.138 e. The number of methoxy groups -OCH3 is 1. The second-order valence-corrected chi connectivity index (χ2v) is 5.09. The molecule has 0 saturated heterocycles. The molecular formula is C13H18Cl2O2. The Labute approximate surface area is 113 Å². The van der Waals surface area contributed by atoms with Crippen LogP contribution in [0.25, 0.3) is 0 Å². The zero-order chi connectivity index (χ0) is 13.0. The quantitative estimate of drug-likeness (QED) is 0.860. The van der Waals surface area contributed by atoms with Crippen molar-refractivity contribution in [3.05, 3.63) is 27.7 Å². The topological polar surface area (TPSA) is 29.5 Å². The molecule has 2 nitrogen and oxygen atoms in total. The van der Waals surface area contributed by atoms with E-state index in [0.717, 1.165) is 6.42 Å². The molecule has 0 aliphatic heterocycles. The summed E-state index contributed by atoms with van der Waals surface area (Å²) in [4.78, 5) is 0. The lowest BCUT2D eigenvalue weighted by Gasteiger charge is -2.17. The van der Waals surface area contributed by atoms with Gasteiger partial charge in [0.15, 0.2) is 0 Å². The minimum atomic E-state index is -0.583. The standard InChI is InChI=1S/C13H18Cl2O2/c1-4-8(2)5-12(16)9-6-11(15)13(17-3)7-10(9)14/h6-8,12,16H,4-5H2,1-3H3. The molecule has 0 radical (unpaired) electrons. The Bertz CT molecular complexity index is 380. The van der Waals surface area contributed by atoms with E-state index in [1.54, 1.807) is 12.1 Å². The molecule has 0 amide bonds.